The number of amides is 1. The van der Waals surface area contributed by atoms with Crippen LogP contribution in [0.4, 0.5) is 10.8 Å². The van der Waals surface area contributed by atoms with Crippen molar-refractivity contribution in [2.24, 2.45) is 0 Å². The van der Waals surface area contributed by atoms with E-state index in [0.717, 1.165) is 15.8 Å². The van der Waals surface area contributed by atoms with Crippen molar-refractivity contribution in [1.82, 2.24) is 4.98 Å². The predicted octanol–water partition coefficient (Wildman–Crippen LogP) is 4.09. The molecule has 3 N–H and O–H groups in total. The van der Waals surface area contributed by atoms with E-state index in [1.807, 2.05) is 19.1 Å². The van der Waals surface area contributed by atoms with E-state index in [1.165, 1.54) is 11.3 Å². The Labute approximate surface area is 130 Å². The zero-order chi connectivity index (χ0) is 15.0. The molecule has 0 saturated carbocycles. The minimum Gasteiger partial charge on any atom is -0.399 e. The molecule has 1 aromatic heterocycles. The van der Waals surface area contributed by atoms with Crippen molar-refractivity contribution in [1.29, 1.82) is 0 Å². The SMILES string of the molecule is Cc1cc(Cl)ccc1C(=O)Nc1nc2ccc(N)cc2s1. The minimum absolute atomic E-state index is 0.198. The molecule has 21 heavy (non-hydrogen) atoms. The van der Waals surface area contributed by atoms with Gasteiger partial charge in [-0.05, 0) is 48.9 Å². The number of anilines is 2. The van der Waals surface area contributed by atoms with Crippen LogP contribution in [0.15, 0.2) is 36.4 Å². The number of nitrogens with zero attached hydrogens (tertiary/aromatic N) is 1. The lowest BCUT2D eigenvalue weighted by Gasteiger charge is -2.05. The van der Waals surface area contributed by atoms with Gasteiger partial charge in [-0.25, -0.2) is 4.98 Å². The third kappa shape index (κ3) is 2.84. The van der Waals surface area contributed by atoms with Crippen molar-refractivity contribution >= 4 is 49.9 Å². The second-order valence-electron chi connectivity index (χ2n) is 4.66. The number of benzene rings is 2. The first-order valence-corrected chi connectivity index (χ1v) is 7.46. The molecule has 0 radical (unpaired) electrons. The number of carbonyl (C=O) groups excluding carboxylic acids is 1. The molecule has 0 saturated heterocycles. The van der Waals surface area contributed by atoms with Gasteiger partial charge in [0.2, 0.25) is 0 Å². The number of halogens is 1. The largest absolute Gasteiger partial charge is 0.399 e. The van der Waals surface area contributed by atoms with Crippen molar-refractivity contribution in [2.45, 2.75) is 6.92 Å². The van der Waals surface area contributed by atoms with Gasteiger partial charge in [-0.15, -0.1) is 0 Å². The standard InChI is InChI=1S/C15H12ClN3OS/c1-8-6-9(16)2-4-11(8)14(20)19-15-18-12-5-3-10(17)7-13(12)21-15/h2-7H,17H2,1H3,(H,18,19,20). The van der Waals surface area contributed by atoms with Crippen LogP contribution in [0.3, 0.4) is 0 Å². The van der Waals surface area contributed by atoms with Crippen LogP contribution in [0, 0.1) is 6.92 Å². The van der Waals surface area contributed by atoms with Gasteiger partial charge < -0.3 is 5.73 Å². The molecule has 0 aliphatic rings. The number of aryl methyl sites for hydroxylation is 1. The summed E-state index contributed by atoms with van der Waals surface area (Å²) in [7, 11) is 0. The average Bonchev–Trinajstić information content (AvgIpc) is 2.79. The Morgan fingerprint density at radius 3 is 2.86 bits per heavy atom. The first kappa shape index (κ1) is 13.9. The van der Waals surface area contributed by atoms with Gasteiger partial charge in [-0.3, -0.25) is 10.1 Å². The monoisotopic (exact) mass is 317 g/mol. The zero-order valence-electron chi connectivity index (χ0n) is 11.2. The maximum Gasteiger partial charge on any atom is 0.257 e. The summed E-state index contributed by atoms with van der Waals surface area (Å²) < 4.78 is 0.943. The molecule has 1 amide bonds. The van der Waals surface area contributed by atoms with Gasteiger partial charge in [-0.2, -0.15) is 0 Å². The van der Waals surface area contributed by atoms with Gasteiger partial charge in [0.15, 0.2) is 5.13 Å². The van der Waals surface area contributed by atoms with Crippen LogP contribution in [-0.4, -0.2) is 10.9 Å². The van der Waals surface area contributed by atoms with Crippen LogP contribution in [0.2, 0.25) is 5.02 Å². The Hall–Kier alpha value is -2.11. The van der Waals surface area contributed by atoms with E-state index in [9.17, 15) is 4.79 Å². The van der Waals surface area contributed by atoms with Crippen molar-refractivity contribution in [3.63, 3.8) is 0 Å². The Bertz CT molecular complexity index is 844. The molecule has 4 nitrogen and oxygen atoms in total. The van der Waals surface area contributed by atoms with E-state index in [0.29, 0.717) is 21.4 Å². The Kier molecular flexibility index (Phi) is 3.53. The average molecular weight is 318 g/mol. The van der Waals surface area contributed by atoms with E-state index < -0.39 is 0 Å². The number of nitrogens with two attached hydrogens (primary N) is 1. The lowest BCUT2D eigenvalue weighted by molar-refractivity contribution is 0.102. The topological polar surface area (TPSA) is 68.0 Å². The van der Waals surface area contributed by atoms with Gasteiger partial charge in [0.1, 0.15) is 0 Å². The van der Waals surface area contributed by atoms with Gasteiger partial charge in [0, 0.05) is 16.3 Å². The van der Waals surface area contributed by atoms with Crippen molar-refractivity contribution in [2.75, 3.05) is 11.1 Å². The first-order valence-electron chi connectivity index (χ1n) is 6.26. The number of hydrogen-bond donors (Lipinski definition) is 2. The zero-order valence-corrected chi connectivity index (χ0v) is 12.8. The molecule has 0 spiro atoms. The highest BCUT2D eigenvalue weighted by Crippen LogP contribution is 2.28. The molecule has 0 atom stereocenters. The molecule has 6 heteroatoms. The second kappa shape index (κ2) is 5.35. The van der Waals surface area contributed by atoms with Crippen LogP contribution in [0.25, 0.3) is 10.2 Å². The van der Waals surface area contributed by atoms with Crippen LogP contribution in [0.1, 0.15) is 15.9 Å². The summed E-state index contributed by atoms with van der Waals surface area (Å²) in [5.74, 6) is -0.198. The number of aromatic nitrogens is 1. The molecule has 0 unspecified atom stereocenters. The predicted molar refractivity (Wildman–Crippen MR) is 88.2 cm³/mol. The Morgan fingerprint density at radius 2 is 2.10 bits per heavy atom. The highest BCUT2D eigenvalue weighted by molar-refractivity contribution is 7.22. The summed E-state index contributed by atoms with van der Waals surface area (Å²) in [6.45, 7) is 1.85. The summed E-state index contributed by atoms with van der Waals surface area (Å²) in [6.07, 6.45) is 0. The third-order valence-corrected chi connectivity index (χ3v) is 4.23. The maximum atomic E-state index is 12.3. The van der Waals surface area contributed by atoms with Crippen LogP contribution < -0.4 is 11.1 Å². The molecule has 3 aromatic rings. The Morgan fingerprint density at radius 1 is 1.29 bits per heavy atom. The number of carbonyl (C=O) groups is 1. The Balaban J connectivity index is 1.89. The highest BCUT2D eigenvalue weighted by atomic mass is 35.5. The normalized spacial score (nSPS) is 10.8. The summed E-state index contributed by atoms with van der Waals surface area (Å²) in [5.41, 5.74) is 8.64. The molecule has 0 aliphatic heterocycles. The van der Waals surface area contributed by atoms with Crippen molar-refractivity contribution in [3.8, 4) is 0 Å². The second-order valence-corrected chi connectivity index (χ2v) is 6.13. The quantitative estimate of drug-likeness (QED) is 0.699. The van der Waals surface area contributed by atoms with Gasteiger partial charge >= 0.3 is 0 Å². The molecule has 1 heterocycles. The summed E-state index contributed by atoms with van der Waals surface area (Å²) in [6, 6.07) is 10.6. The number of fused-ring (bicyclic) bond motifs is 1. The fourth-order valence-corrected chi connectivity index (χ4v) is 3.18. The molecule has 2 aromatic carbocycles. The van der Waals surface area contributed by atoms with Gasteiger partial charge in [0.25, 0.3) is 5.91 Å². The first-order chi connectivity index (χ1) is 10.0. The van der Waals surface area contributed by atoms with E-state index in [2.05, 4.69) is 10.3 Å². The van der Waals surface area contributed by atoms with Gasteiger partial charge in [0.05, 0.1) is 10.2 Å². The van der Waals surface area contributed by atoms with Crippen LogP contribution >= 0.6 is 22.9 Å². The molecular formula is C15H12ClN3OS. The fourth-order valence-electron chi connectivity index (χ4n) is 2.04. The molecular weight excluding hydrogens is 306 g/mol. The summed E-state index contributed by atoms with van der Waals surface area (Å²) in [4.78, 5) is 16.6. The number of nitrogen functional groups attached to an aromatic ring is 1. The molecule has 0 bridgehead atoms. The lowest BCUT2D eigenvalue weighted by atomic mass is 10.1. The number of thiazole rings is 1. The van der Waals surface area contributed by atoms with Crippen molar-refractivity contribution < 1.29 is 4.79 Å². The molecule has 0 fully saturated rings. The van der Waals surface area contributed by atoms with Gasteiger partial charge in [-0.1, -0.05) is 22.9 Å². The smallest absolute Gasteiger partial charge is 0.257 e. The molecule has 106 valence electrons. The van der Waals surface area contributed by atoms with E-state index in [4.69, 9.17) is 17.3 Å². The number of hydrogen-bond acceptors (Lipinski definition) is 4. The number of nitrogens with one attached hydrogen (secondary N) is 1. The van der Waals surface area contributed by atoms with E-state index in [1.54, 1.807) is 24.3 Å². The fraction of sp³-hybridized carbons (Fsp3) is 0.0667. The number of rotatable bonds is 2. The highest BCUT2D eigenvalue weighted by Gasteiger charge is 2.12. The van der Waals surface area contributed by atoms with Crippen LogP contribution in [0.5, 0.6) is 0 Å². The third-order valence-electron chi connectivity index (χ3n) is 3.07. The van der Waals surface area contributed by atoms with E-state index in [-0.39, 0.29) is 5.91 Å². The maximum absolute atomic E-state index is 12.3. The molecule has 0 aliphatic carbocycles. The van der Waals surface area contributed by atoms with Crippen LogP contribution in [-0.2, 0) is 0 Å². The lowest BCUT2D eigenvalue weighted by Crippen LogP contribution is -2.13. The van der Waals surface area contributed by atoms with Crippen molar-refractivity contribution in [3.05, 3.63) is 52.5 Å². The molecule has 3 rings (SSSR count). The summed E-state index contributed by atoms with van der Waals surface area (Å²) >= 11 is 7.29. The van der Waals surface area contributed by atoms with E-state index >= 15 is 0 Å². The summed E-state index contributed by atoms with van der Waals surface area (Å²) in [5, 5.41) is 3.97. The minimum atomic E-state index is -0.198.